The molecule has 0 amide bonds. The van der Waals surface area contributed by atoms with Gasteiger partial charge in [-0.1, -0.05) is 18.2 Å². The van der Waals surface area contributed by atoms with E-state index in [0.717, 1.165) is 50.4 Å². The normalized spacial score (nSPS) is 20.5. The van der Waals surface area contributed by atoms with Gasteiger partial charge in [0.05, 0.1) is 5.84 Å². The second-order valence-corrected chi connectivity index (χ2v) is 4.60. The van der Waals surface area contributed by atoms with Gasteiger partial charge in [0.2, 0.25) is 0 Å². The number of hydrogen-bond donors (Lipinski definition) is 1. The van der Waals surface area contributed by atoms with Crippen LogP contribution in [0.2, 0.25) is 0 Å². The summed E-state index contributed by atoms with van der Waals surface area (Å²) in [5.74, 6) is 2.10. The first kappa shape index (κ1) is 12.9. The maximum absolute atomic E-state index is 6.02. The van der Waals surface area contributed by atoms with Crippen LogP contribution in [-0.4, -0.2) is 25.0 Å². The second-order valence-electron chi connectivity index (χ2n) is 4.60. The molecule has 0 saturated carbocycles. The van der Waals surface area contributed by atoms with E-state index in [1.807, 2.05) is 6.92 Å². The van der Waals surface area contributed by atoms with Crippen molar-refractivity contribution in [1.82, 2.24) is 5.32 Å². The van der Waals surface area contributed by atoms with Crippen molar-refractivity contribution in [3.63, 3.8) is 0 Å². The Morgan fingerprint density at radius 1 is 1.61 bits per heavy atom. The van der Waals surface area contributed by atoms with Crippen LogP contribution < -0.4 is 5.32 Å². The Morgan fingerprint density at radius 3 is 3.22 bits per heavy atom. The average molecular weight is 248 g/mol. The zero-order chi connectivity index (χ0) is 12.6. The molecule has 2 rings (SSSR count). The van der Waals surface area contributed by atoms with Crippen molar-refractivity contribution >= 4 is 5.84 Å². The number of aliphatic imine (C=N–C) groups is 1. The largest absolute Gasteiger partial charge is 0.490 e. The van der Waals surface area contributed by atoms with Crippen LogP contribution in [0, 0.1) is 0 Å². The van der Waals surface area contributed by atoms with E-state index in [2.05, 4.69) is 40.7 Å². The number of allylic oxidation sites excluding steroid dienone is 4. The maximum Gasteiger partial charge on any atom is 0.115 e. The molecule has 0 fully saturated rings. The highest BCUT2D eigenvalue weighted by atomic mass is 16.5. The molecule has 1 unspecified atom stereocenters. The number of hydrogen-bond acceptors (Lipinski definition) is 3. The van der Waals surface area contributed by atoms with E-state index < -0.39 is 0 Å². The highest BCUT2D eigenvalue weighted by molar-refractivity contribution is 5.83. The Kier molecular flexibility index (Phi) is 5.06. The predicted octanol–water partition coefficient (Wildman–Crippen LogP) is 3.21. The minimum atomic E-state index is 0. The standard InChI is InChI=1S/C15H22N2O.H2/c1-2-3-7-14(18-13-8-4-5-9-13)12-15-16-10-6-11-17-15;/h2-4,8-9,14H,5-7,10-12H2,1H3,(H,16,17);1H/b3-2-;. The fourth-order valence-corrected chi connectivity index (χ4v) is 2.11. The molecule has 0 aromatic heterocycles. The molecule has 0 aromatic rings. The summed E-state index contributed by atoms with van der Waals surface area (Å²) in [7, 11) is 0. The lowest BCUT2D eigenvalue weighted by molar-refractivity contribution is 0.133. The van der Waals surface area contributed by atoms with E-state index in [9.17, 15) is 0 Å². The fraction of sp³-hybridized carbons (Fsp3) is 0.533. The van der Waals surface area contributed by atoms with E-state index >= 15 is 0 Å². The topological polar surface area (TPSA) is 33.6 Å². The molecule has 1 atom stereocenters. The summed E-state index contributed by atoms with van der Waals surface area (Å²) in [5.41, 5.74) is 0. The predicted molar refractivity (Wildman–Crippen MR) is 77.8 cm³/mol. The van der Waals surface area contributed by atoms with Gasteiger partial charge in [0, 0.05) is 27.4 Å². The molecule has 3 heteroatoms. The number of amidine groups is 1. The lowest BCUT2D eigenvalue weighted by Crippen LogP contribution is -2.33. The van der Waals surface area contributed by atoms with Gasteiger partial charge in [-0.3, -0.25) is 4.99 Å². The number of ether oxygens (including phenoxy) is 1. The molecule has 2 aliphatic rings. The van der Waals surface area contributed by atoms with E-state index in [4.69, 9.17) is 4.74 Å². The smallest absolute Gasteiger partial charge is 0.115 e. The van der Waals surface area contributed by atoms with Crippen LogP contribution in [0.25, 0.3) is 0 Å². The molecule has 0 spiro atoms. The fourth-order valence-electron chi connectivity index (χ4n) is 2.11. The van der Waals surface area contributed by atoms with Gasteiger partial charge < -0.3 is 10.1 Å². The molecule has 1 N–H and O–H groups in total. The van der Waals surface area contributed by atoms with Crippen molar-refractivity contribution in [1.29, 1.82) is 0 Å². The number of nitrogens with zero attached hydrogens (tertiary/aromatic N) is 1. The van der Waals surface area contributed by atoms with Gasteiger partial charge >= 0.3 is 0 Å². The molecule has 0 radical (unpaired) electrons. The molecule has 1 aliphatic carbocycles. The zero-order valence-electron chi connectivity index (χ0n) is 11.1. The third kappa shape index (κ3) is 4.06. The van der Waals surface area contributed by atoms with Crippen LogP contribution in [0.15, 0.2) is 41.1 Å². The van der Waals surface area contributed by atoms with Gasteiger partial charge in [0.15, 0.2) is 0 Å². The highest BCUT2D eigenvalue weighted by Gasteiger charge is 2.15. The monoisotopic (exact) mass is 248 g/mol. The molecule has 1 aliphatic heterocycles. The van der Waals surface area contributed by atoms with E-state index in [1.54, 1.807) is 0 Å². The molecule has 0 bridgehead atoms. The van der Waals surface area contributed by atoms with Gasteiger partial charge in [-0.2, -0.15) is 0 Å². The molecular formula is C15H24N2O. The van der Waals surface area contributed by atoms with E-state index in [-0.39, 0.29) is 7.53 Å². The van der Waals surface area contributed by atoms with E-state index in [0.29, 0.717) is 0 Å². The Morgan fingerprint density at radius 2 is 2.56 bits per heavy atom. The Balaban J connectivity index is 0.00000180. The van der Waals surface area contributed by atoms with Crippen molar-refractivity contribution in [2.24, 2.45) is 4.99 Å². The molecule has 100 valence electrons. The van der Waals surface area contributed by atoms with Crippen LogP contribution in [0.5, 0.6) is 0 Å². The molecule has 3 nitrogen and oxygen atoms in total. The first-order valence-corrected chi connectivity index (χ1v) is 6.80. The van der Waals surface area contributed by atoms with Crippen LogP contribution in [0.1, 0.15) is 34.0 Å². The summed E-state index contributed by atoms with van der Waals surface area (Å²) in [4.78, 5) is 4.52. The van der Waals surface area contributed by atoms with Crippen molar-refractivity contribution in [2.45, 2.75) is 38.7 Å². The number of nitrogens with one attached hydrogen (secondary N) is 1. The molecule has 1 heterocycles. The lowest BCUT2D eigenvalue weighted by atomic mass is 10.1. The van der Waals surface area contributed by atoms with Gasteiger partial charge in [0.25, 0.3) is 0 Å². The first-order chi connectivity index (χ1) is 8.88. The molecule has 0 saturated heterocycles. The first-order valence-electron chi connectivity index (χ1n) is 6.80. The van der Waals surface area contributed by atoms with Crippen molar-refractivity contribution in [2.75, 3.05) is 13.1 Å². The van der Waals surface area contributed by atoms with Crippen molar-refractivity contribution in [3.05, 3.63) is 36.1 Å². The minimum absolute atomic E-state index is 0. The second kappa shape index (κ2) is 7.04. The maximum atomic E-state index is 6.02. The third-order valence-corrected chi connectivity index (χ3v) is 3.06. The van der Waals surface area contributed by atoms with Crippen molar-refractivity contribution in [3.8, 4) is 0 Å². The van der Waals surface area contributed by atoms with Crippen molar-refractivity contribution < 1.29 is 6.16 Å². The third-order valence-electron chi connectivity index (χ3n) is 3.06. The number of rotatable bonds is 6. The summed E-state index contributed by atoms with van der Waals surface area (Å²) >= 11 is 0. The minimum Gasteiger partial charge on any atom is -0.490 e. The van der Waals surface area contributed by atoms with Gasteiger partial charge in [0.1, 0.15) is 11.9 Å². The average Bonchev–Trinajstić information content (AvgIpc) is 2.90. The lowest BCUT2D eigenvalue weighted by Gasteiger charge is -2.21. The van der Waals surface area contributed by atoms with Gasteiger partial charge in [-0.15, -0.1) is 0 Å². The quantitative estimate of drug-likeness (QED) is 0.732. The van der Waals surface area contributed by atoms with Crippen LogP contribution in [-0.2, 0) is 4.74 Å². The van der Waals surface area contributed by atoms with Crippen LogP contribution in [0.4, 0.5) is 0 Å². The summed E-state index contributed by atoms with van der Waals surface area (Å²) in [6.07, 6.45) is 14.6. The SMILES string of the molecule is C/C=C\CC(CC1=NCCCN1)OC1=CCC=C1.[HH]. The van der Waals surface area contributed by atoms with Crippen LogP contribution in [0.3, 0.4) is 0 Å². The van der Waals surface area contributed by atoms with Gasteiger partial charge in [-0.05, 0) is 31.9 Å². The Labute approximate surface area is 111 Å². The summed E-state index contributed by atoms with van der Waals surface area (Å²) < 4.78 is 6.02. The Bertz CT molecular complexity index is 386. The van der Waals surface area contributed by atoms with Crippen LogP contribution >= 0.6 is 0 Å². The highest BCUT2D eigenvalue weighted by Crippen LogP contribution is 2.17. The zero-order valence-corrected chi connectivity index (χ0v) is 11.1. The molecular weight excluding hydrogens is 224 g/mol. The van der Waals surface area contributed by atoms with Gasteiger partial charge in [-0.25, -0.2) is 0 Å². The summed E-state index contributed by atoms with van der Waals surface area (Å²) in [6, 6.07) is 0. The summed E-state index contributed by atoms with van der Waals surface area (Å²) in [5, 5.41) is 3.36. The Hall–Kier alpha value is -1.51. The molecule has 0 aromatic carbocycles. The molecule has 18 heavy (non-hydrogen) atoms. The summed E-state index contributed by atoms with van der Waals surface area (Å²) in [6.45, 7) is 4.03. The van der Waals surface area contributed by atoms with E-state index in [1.165, 1.54) is 0 Å².